The average molecular weight is 340 g/mol. The van der Waals surface area contributed by atoms with Crippen LogP contribution in [-0.4, -0.2) is 25.0 Å². The Bertz CT molecular complexity index is 722. The van der Waals surface area contributed by atoms with Crippen LogP contribution in [0.4, 0.5) is 11.4 Å². The molecule has 0 heterocycles. The summed E-state index contributed by atoms with van der Waals surface area (Å²) in [4.78, 5) is 23.7. The van der Waals surface area contributed by atoms with E-state index in [0.717, 1.165) is 11.4 Å². The Morgan fingerprint density at radius 1 is 0.880 bits per heavy atom. The molecule has 0 saturated heterocycles. The molecule has 0 fully saturated rings. The minimum Gasteiger partial charge on any atom is -0.465 e. The summed E-state index contributed by atoms with van der Waals surface area (Å²) in [5.41, 5.74) is 3.22. The monoisotopic (exact) mass is 340 g/mol. The van der Waals surface area contributed by atoms with Gasteiger partial charge in [-0.1, -0.05) is 26.0 Å². The van der Waals surface area contributed by atoms with Crippen molar-refractivity contribution >= 4 is 23.3 Å². The van der Waals surface area contributed by atoms with Crippen molar-refractivity contribution in [2.75, 3.05) is 17.7 Å². The van der Waals surface area contributed by atoms with Crippen LogP contribution in [0.25, 0.3) is 0 Å². The molecule has 0 radical (unpaired) electrons. The highest BCUT2D eigenvalue weighted by molar-refractivity contribution is 5.96. The van der Waals surface area contributed by atoms with E-state index in [1.807, 2.05) is 24.3 Å². The Kier molecular flexibility index (Phi) is 6.17. The van der Waals surface area contributed by atoms with Gasteiger partial charge in [0.2, 0.25) is 5.91 Å². The summed E-state index contributed by atoms with van der Waals surface area (Å²) < 4.78 is 4.66. The molecule has 0 aliphatic rings. The summed E-state index contributed by atoms with van der Waals surface area (Å²) in [7, 11) is 1.34. The standard InChI is InChI=1S/C20H24N2O3/c1-13(2)15-5-9-18(10-6-15)22-19(23)14(3)21-17-11-7-16(8-12-17)20(24)25-4/h5-14,21H,1-4H3,(H,22,23)/t14-/m1/s1. The van der Waals surface area contributed by atoms with Gasteiger partial charge in [0, 0.05) is 11.4 Å². The number of ether oxygens (including phenoxy) is 1. The fourth-order valence-electron chi connectivity index (χ4n) is 2.34. The molecule has 0 unspecified atom stereocenters. The molecule has 0 spiro atoms. The molecule has 2 aromatic rings. The second kappa shape index (κ2) is 8.33. The second-order valence-electron chi connectivity index (χ2n) is 6.20. The average Bonchev–Trinajstić information content (AvgIpc) is 2.62. The molecular formula is C20H24N2O3. The number of amides is 1. The maximum absolute atomic E-state index is 12.3. The molecule has 1 atom stereocenters. The minimum absolute atomic E-state index is 0.130. The van der Waals surface area contributed by atoms with E-state index in [4.69, 9.17) is 0 Å². The SMILES string of the molecule is COC(=O)c1ccc(N[C@H](C)C(=O)Nc2ccc(C(C)C)cc2)cc1. The van der Waals surface area contributed by atoms with Crippen molar-refractivity contribution in [1.82, 2.24) is 0 Å². The summed E-state index contributed by atoms with van der Waals surface area (Å²) in [6, 6.07) is 14.2. The molecule has 5 heteroatoms. The van der Waals surface area contributed by atoms with Gasteiger partial charge in [-0.3, -0.25) is 4.79 Å². The summed E-state index contributed by atoms with van der Waals surface area (Å²) in [5, 5.41) is 6.00. The van der Waals surface area contributed by atoms with Crippen molar-refractivity contribution < 1.29 is 14.3 Å². The number of rotatable bonds is 6. The number of carbonyl (C=O) groups excluding carboxylic acids is 2. The van der Waals surface area contributed by atoms with E-state index in [0.29, 0.717) is 11.5 Å². The first-order chi connectivity index (χ1) is 11.9. The summed E-state index contributed by atoms with van der Waals surface area (Å²) in [6.07, 6.45) is 0. The van der Waals surface area contributed by atoms with Gasteiger partial charge in [-0.25, -0.2) is 4.79 Å². The van der Waals surface area contributed by atoms with Gasteiger partial charge in [0.15, 0.2) is 0 Å². The van der Waals surface area contributed by atoms with E-state index in [1.54, 1.807) is 31.2 Å². The molecular weight excluding hydrogens is 316 g/mol. The zero-order valence-electron chi connectivity index (χ0n) is 15.0. The lowest BCUT2D eigenvalue weighted by Crippen LogP contribution is -2.31. The van der Waals surface area contributed by atoms with Crippen LogP contribution < -0.4 is 10.6 Å². The van der Waals surface area contributed by atoms with Gasteiger partial charge in [-0.05, 0) is 54.8 Å². The smallest absolute Gasteiger partial charge is 0.337 e. The third kappa shape index (κ3) is 5.08. The van der Waals surface area contributed by atoms with E-state index in [9.17, 15) is 9.59 Å². The predicted molar refractivity (Wildman–Crippen MR) is 100 cm³/mol. The number of methoxy groups -OCH3 is 1. The fourth-order valence-corrected chi connectivity index (χ4v) is 2.34. The van der Waals surface area contributed by atoms with Crippen LogP contribution in [0.15, 0.2) is 48.5 Å². The number of carbonyl (C=O) groups is 2. The number of hydrogen-bond donors (Lipinski definition) is 2. The van der Waals surface area contributed by atoms with Gasteiger partial charge >= 0.3 is 5.97 Å². The minimum atomic E-state index is -0.422. The molecule has 2 rings (SSSR count). The van der Waals surface area contributed by atoms with E-state index in [1.165, 1.54) is 12.7 Å². The number of anilines is 2. The van der Waals surface area contributed by atoms with Gasteiger partial charge in [0.1, 0.15) is 6.04 Å². The second-order valence-corrected chi connectivity index (χ2v) is 6.20. The Labute approximate surface area is 148 Å². The number of benzene rings is 2. The Hall–Kier alpha value is -2.82. The molecule has 2 N–H and O–H groups in total. The van der Waals surface area contributed by atoms with Gasteiger partial charge < -0.3 is 15.4 Å². The first-order valence-corrected chi connectivity index (χ1v) is 8.26. The molecule has 1 amide bonds. The molecule has 0 aromatic heterocycles. The summed E-state index contributed by atoms with van der Waals surface area (Å²) in [6.45, 7) is 6.04. The maximum Gasteiger partial charge on any atom is 0.337 e. The normalized spacial score (nSPS) is 11.7. The molecule has 0 saturated carbocycles. The summed E-state index contributed by atoms with van der Waals surface area (Å²) in [5.74, 6) is -0.0603. The van der Waals surface area contributed by atoms with E-state index >= 15 is 0 Å². The van der Waals surface area contributed by atoms with Crippen molar-refractivity contribution in [3.63, 3.8) is 0 Å². The first-order valence-electron chi connectivity index (χ1n) is 8.26. The Morgan fingerprint density at radius 2 is 1.44 bits per heavy atom. The van der Waals surface area contributed by atoms with Crippen LogP contribution >= 0.6 is 0 Å². The third-order valence-electron chi connectivity index (χ3n) is 3.93. The van der Waals surface area contributed by atoms with Gasteiger partial charge in [-0.2, -0.15) is 0 Å². The zero-order chi connectivity index (χ0) is 18.4. The highest BCUT2D eigenvalue weighted by atomic mass is 16.5. The van der Waals surface area contributed by atoms with Crippen LogP contribution in [-0.2, 0) is 9.53 Å². The quantitative estimate of drug-likeness (QED) is 0.779. The van der Waals surface area contributed by atoms with Crippen LogP contribution in [0.2, 0.25) is 0 Å². The number of nitrogens with one attached hydrogen (secondary N) is 2. The Morgan fingerprint density at radius 3 is 1.96 bits per heavy atom. The lowest BCUT2D eigenvalue weighted by atomic mass is 10.0. The lowest BCUT2D eigenvalue weighted by molar-refractivity contribution is -0.116. The topological polar surface area (TPSA) is 67.4 Å². The van der Waals surface area contributed by atoms with Crippen LogP contribution in [0.5, 0.6) is 0 Å². The molecule has 2 aromatic carbocycles. The van der Waals surface area contributed by atoms with Crippen LogP contribution in [0, 0.1) is 0 Å². The molecule has 0 aliphatic carbocycles. The van der Waals surface area contributed by atoms with E-state index in [-0.39, 0.29) is 11.9 Å². The van der Waals surface area contributed by atoms with E-state index in [2.05, 4.69) is 29.2 Å². The third-order valence-corrected chi connectivity index (χ3v) is 3.93. The highest BCUT2D eigenvalue weighted by Gasteiger charge is 2.13. The Balaban J connectivity index is 1.94. The zero-order valence-corrected chi connectivity index (χ0v) is 15.0. The van der Waals surface area contributed by atoms with Gasteiger partial charge in [0.05, 0.1) is 12.7 Å². The maximum atomic E-state index is 12.3. The van der Waals surface area contributed by atoms with Crippen LogP contribution in [0.3, 0.4) is 0 Å². The molecule has 0 bridgehead atoms. The van der Waals surface area contributed by atoms with Gasteiger partial charge in [-0.15, -0.1) is 0 Å². The highest BCUT2D eigenvalue weighted by Crippen LogP contribution is 2.18. The van der Waals surface area contributed by atoms with Crippen molar-refractivity contribution in [1.29, 1.82) is 0 Å². The summed E-state index contributed by atoms with van der Waals surface area (Å²) >= 11 is 0. The van der Waals surface area contributed by atoms with Crippen molar-refractivity contribution in [2.45, 2.75) is 32.7 Å². The lowest BCUT2D eigenvalue weighted by Gasteiger charge is -2.16. The first kappa shape index (κ1) is 18.5. The molecule has 0 aliphatic heterocycles. The fraction of sp³-hybridized carbons (Fsp3) is 0.300. The van der Waals surface area contributed by atoms with Gasteiger partial charge in [0.25, 0.3) is 0 Å². The molecule has 5 nitrogen and oxygen atoms in total. The number of esters is 1. The molecule has 132 valence electrons. The van der Waals surface area contributed by atoms with Crippen molar-refractivity contribution in [2.24, 2.45) is 0 Å². The number of hydrogen-bond acceptors (Lipinski definition) is 4. The van der Waals surface area contributed by atoms with Crippen molar-refractivity contribution in [3.8, 4) is 0 Å². The van der Waals surface area contributed by atoms with Crippen molar-refractivity contribution in [3.05, 3.63) is 59.7 Å². The molecule has 25 heavy (non-hydrogen) atoms. The predicted octanol–water partition coefficient (Wildman–Crippen LogP) is 4.04. The van der Waals surface area contributed by atoms with E-state index < -0.39 is 6.04 Å². The van der Waals surface area contributed by atoms with Crippen LogP contribution in [0.1, 0.15) is 42.6 Å². The largest absolute Gasteiger partial charge is 0.465 e.